The Labute approximate surface area is 135 Å². The number of carbonyl (C=O) groups is 3. The summed E-state index contributed by atoms with van der Waals surface area (Å²) in [6.07, 6.45) is 1.50. The van der Waals surface area contributed by atoms with E-state index in [1.54, 1.807) is 18.2 Å². The molecule has 1 atom stereocenters. The van der Waals surface area contributed by atoms with Gasteiger partial charge in [0.1, 0.15) is 5.75 Å². The molecule has 0 aromatic heterocycles. The van der Waals surface area contributed by atoms with Crippen LogP contribution in [0.2, 0.25) is 0 Å². The van der Waals surface area contributed by atoms with Gasteiger partial charge in [0.2, 0.25) is 0 Å². The van der Waals surface area contributed by atoms with Crippen LogP contribution in [0.5, 0.6) is 5.75 Å². The van der Waals surface area contributed by atoms with Crippen molar-refractivity contribution < 1.29 is 23.9 Å². The molecule has 0 aliphatic rings. The summed E-state index contributed by atoms with van der Waals surface area (Å²) < 4.78 is 10.8. The van der Waals surface area contributed by atoms with E-state index in [4.69, 9.17) is 15.2 Å². The molecule has 0 radical (unpaired) electrons. The molecule has 8 heteroatoms. The van der Waals surface area contributed by atoms with Crippen LogP contribution in [0.4, 0.5) is 4.79 Å². The molecule has 7 nitrogen and oxygen atoms in total. The van der Waals surface area contributed by atoms with Crippen LogP contribution in [0.15, 0.2) is 28.7 Å². The number of ether oxygens (including phenoxy) is 2. The van der Waals surface area contributed by atoms with E-state index in [-0.39, 0.29) is 0 Å². The first kappa shape index (κ1) is 17.7. The fourth-order valence-corrected chi connectivity index (χ4v) is 1.86. The van der Waals surface area contributed by atoms with Gasteiger partial charge in [0.15, 0.2) is 6.10 Å². The molecule has 3 amide bonds. The molecule has 0 aliphatic carbocycles. The van der Waals surface area contributed by atoms with Gasteiger partial charge in [-0.05, 0) is 31.2 Å². The second-order valence-corrected chi connectivity index (χ2v) is 5.07. The van der Waals surface area contributed by atoms with Crippen LogP contribution >= 0.6 is 15.9 Å². The molecule has 1 aromatic rings. The van der Waals surface area contributed by atoms with Crippen LogP contribution < -0.4 is 15.8 Å². The van der Waals surface area contributed by atoms with Crippen molar-refractivity contribution in [2.24, 2.45) is 5.73 Å². The average molecular weight is 371 g/mol. The summed E-state index contributed by atoms with van der Waals surface area (Å²) in [5, 5.41) is 1.82. The van der Waals surface area contributed by atoms with E-state index in [0.29, 0.717) is 11.3 Å². The van der Waals surface area contributed by atoms with Gasteiger partial charge >= 0.3 is 12.0 Å². The summed E-state index contributed by atoms with van der Waals surface area (Å²) in [6, 6.07) is 4.27. The van der Waals surface area contributed by atoms with Crippen molar-refractivity contribution in [3.8, 4) is 5.75 Å². The second-order valence-electron chi connectivity index (χ2n) is 4.15. The zero-order valence-electron chi connectivity index (χ0n) is 12.0. The Hall–Kier alpha value is -2.35. The quantitative estimate of drug-likeness (QED) is 0.604. The largest absolute Gasteiger partial charge is 0.496 e. The Morgan fingerprint density at radius 3 is 2.64 bits per heavy atom. The second kappa shape index (κ2) is 8.18. The van der Waals surface area contributed by atoms with Crippen LogP contribution in [0.25, 0.3) is 6.08 Å². The molecule has 1 unspecified atom stereocenters. The highest BCUT2D eigenvalue weighted by molar-refractivity contribution is 9.10. The monoisotopic (exact) mass is 370 g/mol. The Balaban J connectivity index is 2.70. The normalized spacial score (nSPS) is 11.8. The number of nitrogens with one attached hydrogen (secondary N) is 1. The maximum atomic E-state index is 11.6. The molecular weight excluding hydrogens is 356 g/mol. The van der Waals surface area contributed by atoms with E-state index in [9.17, 15) is 14.4 Å². The molecule has 22 heavy (non-hydrogen) atoms. The number of nitrogens with two attached hydrogens (primary N) is 1. The molecule has 1 aromatic carbocycles. The zero-order valence-corrected chi connectivity index (χ0v) is 13.5. The minimum atomic E-state index is -1.14. The predicted molar refractivity (Wildman–Crippen MR) is 83.0 cm³/mol. The van der Waals surface area contributed by atoms with Gasteiger partial charge in [-0.3, -0.25) is 10.1 Å². The van der Waals surface area contributed by atoms with E-state index in [1.807, 2.05) is 5.32 Å². The highest BCUT2D eigenvalue weighted by atomic mass is 79.9. The number of hydrogen-bond donors (Lipinski definition) is 2. The summed E-state index contributed by atoms with van der Waals surface area (Å²) in [4.78, 5) is 33.5. The summed E-state index contributed by atoms with van der Waals surface area (Å²) in [6.45, 7) is 1.32. The van der Waals surface area contributed by atoms with Gasteiger partial charge in [-0.25, -0.2) is 9.59 Å². The highest BCUT2D eigenvalue weighted by Crippen LogP contribution is 2.24. The summed E-state index contributed by atoms with van der Waals surface area (Å²) in [5.41, 5.74) is 5.45. The number of halogens is 1. The third kappa shape index (κ3) is 5.57. The average Bonchev–Trinajstić information content (AvgIpc) is 2.44. The van der Waals surface area contributed by atoms with Crippen molar-refractivity contribution in [3.63, 3.8) is 0 Å². The fraction of sp³-hybridized carbons (Fsp3) is 0.214. The molecule has 0 saturated heterocycles. The Morgan fingerprint density at radius 1 is 1.36 bits per heavy atom. The summed E-state index contributed by atoms with van der Waals surface area (Å²) >= 11 is 3.31. The number of amides is 3. The molecule has 0 aliphatic heterocycles. The van der Waals surface area contributed by atoms with Crippen molar-refractivity contribution in [1.82, 2.24) is 5.32 Å². The van der Waals surface area contributed by atoms with Crippen LogP contribution in [-0.2, 0) is 14.3 Å². The number of esters is 1. The molecule has 3 N–H and O–H groups in total. The maximum absolute atomic E-state index is 11.6. The molecule has 0 fully saturated rings. The lowest BCUT2D eigenvalue weighted by Crippen LogP contribution is -2.42. The SMILES string of the molecule is COc1ccc(Br)cc1/C=C/C(=O)OC(C)C(=O)NC(N)=O. The Bertz CT molecular complexity index is 615. The van der Waals surface area contributed by atoms with E-state index in [2.05, 4.69) is 15.9 Å². The lowest BCUT2D eigenvalue weighted by atomic mass is 10.2. The summed E-state index contributed by atoms with van der Waals surface area (Å²) in [5.74, 6) is -0.963. The van der Waals surface area contributed by atoms with E-state index < -0.39 is 24.0 Å². The maximum Gasteiger partial charge on any atom is 0.331 e. The van der Waals surface area contributed by atoms with Crippen LogP contribution in [-0.4, -0.2) is 31.1 Å². The van der Waals surface area contributed by atoms with E-state index in [1.165, 1.54) is 20.1 Å². The Morgan fingerprint density at radius 2 is 2.05 bits per heavy atom. The first-order valence-corrected chi connectivity index (χ1v) is 6.95. The molecule has 0 bridgehead atoms. The van der Waals surface area contributed by atoms with Gasteiger partial charge in [0.25, 0.3) is 5.91 Å². The molecule has 1 rings (SSSR count). The number of urea groups is 1. The summed E-state index contributed by atoms with van der Waals surface area (Å²) in [7, 11) is 1.51. The minimum absolute atomic E-state index is 0.576. The molecule has 0 saturated carbocycles. The topological polar surface area (TPSA) is 108 Å². The van der Waals surface area contributed by atoms with Crippen LogP contribution in [0.3, 0.4) is 0 Å². The fourth-order valence-electron chi connectivity index (χ4n) is 1.48. The molecular formula is C14H15BrN2O5. The van der Waals surface area contributed by atoms with Gasteiger partial charge in [-0.1, -0.05) is 15.9 Å². The van der Waals surface area contributed by atoms with Crippen molar-refractivity contribution in [2.45, 2.75) is 13.0 Å². The number of methoxy groups -OCH3 is 1. The van der Waals surface area contributed by atoms with Crippen molar-refractivity contribution >= 4 is 39.9 Å². The molecule has 0 heterocycles. The lowest BCUT2D eigenvalue weighted by molar-refractivity contribution is -0.149. The highest BCUT2D eigenvalue weighted by Gasteiger charge is 2.17. The Kier molecular flexibility index (Phi) is 6.58. The van der Waals surface area contributed by atoms with Crippen molar-refractivity contribution in [2.75, 3.05) is 7.11 Å². The first-order chi connectivity index (χ1) is 10.3. The molecule has 0 spiro atoms. The van der Waals surface area contributed by atoms with Crippen molar-refractivity contribution in [3.05, 3.63) is 34.3 Å². The third-order valence-electron chi connectivity index (χ3n) is 2.50. The zero-order chi connectivity index (χ0) is 16.7. The van der Waals surface area contributed by atoms with E-state index >= 15 is 0 Å². The number of hydrogen-bond acceptors (Lipinski definition) is 5. The minimum Gasteiger partial charge on any atom is -0.496 e. The van der Waals surface area contributed by atoms with Gasteiger partial charge in [0.05, 0.1) is 7.11 Å². The van der Waals surface area contributed by atoms with Gasteiger partial charge < -0.3 is 15.2 Å². The number of rotatable bonds is 5. The number of primary amides is 1. The van der Waals surface area contributed by atoms with Gasteiger partial charge in [-0.2, -0.15) is 0 Å². The van der Waals surface area contributed by atoms with Crippen LogP contribution in [0, 0.1) is 0 Å². The molecule has 118 valence electrons. The lowest BCUT2D eigenvalue weighted by Gasteiger charge is -2.10. The number of imide groups is 1. The first-order valence-electron chi connectivity index (χ1n) is 6.16. The van der Waals surface area contributed by atoms with Gasteiger partial charge in [0, 0.05) is 16.1 Å². The predicted octanol–water partition coefficient (Wildman–Crippen LogP) is 1.60. The standard InChI is InChI=1S/C14H15BrN2O5/c1-8(13(19)17-14(16)20)22-12(18)6-3-9-7-10(15)4-5-11(9)21-2/h3-8H,1-2H3,(H3,16,17,19,20)/b6-3+. The van der Waals surface area contributed by atoms with Gasteiger partial charge in [-0.15, -0.1) is 0 Å². The smallest absolute Gasteiger partial charge is 0.331 e. The number of carbonyl (C=O) groups excluding carboxylic acids is 3. The van der Waals surface area contributed by atoms with E-state index in [0.717, 1.165) is 10.5 Å². The van der Waals surface area contributed by atoms with Crippen LogP contribution in [0.1, 0.15) is 12.5 Å². The third-order valence-corrected chi connectivity index (χ3v) is 2.99. The number of benzene rings is 1. The van der Waals surface area contributed by atoms with Crippen molar-refractivity contribution in [1.29, 1.82) is 0 Å².